The largest absolute Gasteiger partial charge is 0.275 e. The summed E-state index contributed by atoms with van der Waals surface area (Å²) in [5.41, 5.74) is 2.65. The lowest BCUT2D eigenvalue weighted by Gasteiger charge is -2.26. The van der Waals surface area contributed by atoms with E-state index in [2.05, 4.69) is 12.0 Å². The van der Waals surface area contributed by atoms with Crippen LogP contribution in [-0.4, -0.2) is 18.2 Å². The summed E-state index contributed by atoms with van der Waals surface area (Å²) in [7, 11) is -2.51. The lowest BCUT2D eigenvalue weighted by molar-refractivity contribution is 0.282. The van der Waals surface area contributed by atoms with Gasteiger partial charge in [0.05, 0.1) is 23.1 Å². The van der Waals surface area contributed by atoms with Crippen LogP contribution in [0.5, 0.6) is 0 Å². The van der Waals surface area contributed by atoms with E-state index in [1.165, 1.54) is 12.1 Å². The van der Waals surface area contributed by atoms with Gasteiger partial charge in [-0.1, -0.05) is 49.2 Å². The van der Waals surface area contributed by atoms with Gasteiger partial charge in [0.25, 0.3) is 5.56 Å². The number of aromatic nitrogens is 2. The quantitative estimate of drug-likeness (QED) is 0.623. The highest BCUT2D eigenvalue weighted by molar-refractivity contribution is 7.71. The van der Waals surface area contributed by atoms with Gasteiger partial charge in [-0.2, -0.15) is 5.10 Å². The van der Waals surface area contributed by atoms with Gasteiger partial charge in [-0.25, -0.2) is 17.5 Å². The summed E-state index contributed by atoms with van der Waals surface area (Å²) in [5.74, 6) is -0.396. The van der Waals surface area contributed by atoms with Crippen LogP contribution in [0.15, 0.2) is 59.5 Å². The van der Waals surface area contributed by atoms with E-state index in [0.29, 0.717) is 22.3 Å². The van der Waals surface area contributed by atoms with E-state index >= 15 is 0 Å². The number of hydrogen-bond acceptors (Lipinski definition) is 4. The summed E-state index contributed by atoms with van der Waals surface area (Å²) in [5, 5.41) is 4.52. The lowest BCUT2D eigenvalue weighted by atomic mass is 9.95. The Morgan fingerprint density at radius 2 is 1.60 bits per heavy atom. The zero-order chi connectivity index (χ0) is 21.3. The Hall–Kier alpha value is -2.80. The SMILES string of the molecule is CC1(n2ncc(-c3ccc(C[SH](=O)=O)cc3)c(-c3ccc(F)cc3)c2=O)CCCC1. The topological polar surface area (TPSA) is 69.0 Å². The smallest absolute Gasteiger partial charge is 0.267 e. The average Bonchev–Trinajstić information content (AvgIpc) is 3.16. The van der Waals surface area contributed by atoms with E-state index in [9.17, 15) is 17.6 Å². The number of hydrogen-bond donors (Lipinski definition) is 1. The summed E-state index contributed by atoms with van der Waals surface area (Å²) >= 11 is 0. The van der Waals surface area contributed by atoms with E-state index in [1.54, 1.807) is 47.3 Å². The van der Waals surface area contributed by atoms with E-state index in [4.69, 9.17) is 0 Å². The van der Waals surface area contributed by atoms with Crippen LogP contribution in [0, 0.1) is 5.82 Å². The molecular formula is C23H23FN2O3S. The minimum Gasteiger partial charge on any atom is -0.267 e. The molecule has 1 aliphatic rings. The van der Waals surface area contributed by atoms with Gasteiger partial charge in [0.15, 0.2) is 0 Å². The third kappa shape index (κ3) is 3.94. The van der Waals surface area contributed by atoms with Crippen molar-refractivity contribution in [1.82, 2.24) is 9.78 Å². The molecule has 0 N–H and O–H groups in total. The molecule has 30 heavy (non-hydrogen) atoms. The second kappa shape index (κ2) is 8.14. The van der Waals surface area contributed by atoms with E-state index in [-0.39, 0.29) is 22.7 Å². The fourth-order valence-electron chi connectivity index (χ4n) is 4.24. The van der Waals surface area contributed by atoms with Gasteiger partial charge >= 0.3 is 0 Å². The maximum Gasteiger partial charge on any atom is 0.275 e. The summed E-state index contributed by atoms with van der Waals surface area (Å²) in [6.45, 7) is 2.06. The summed E-state index contributed by atoms with van der Waals surface area (Å²) in [6.07, 6.45) is 5.59. The third-order valence-electron chi connectivity index (χ3n) is 5.88. The number of thiol groups is 1. The molecule has 4 rings (SSSR count). The Labute approximate surface area is 176 Å². The highest BCUT2D eigenvalue weighted by atomic mass is 32.2. The Bertz CT molecular complexity index is 1180. The molecule has 1 aromatic heterocycles. The minimum absolute atomic E-state index is 0.0291. The van der Waals surface area contributed by atoms with Crippen LogP contribution in [-0.2, 0) is 22.0 Å². The van der Waals surface area contributed by atoms with Gasteiger partial charge in [-0.3, -0.25) is 4.79 Å². The predicted molar refractivity (Wildman–Crippen MR) is 115 cm³/mol. The van der Waals surface area contributed by atoms with Crippen molar-refractivity contribution in [2.45, 2.75) is 43.9 Å². The maximum absolute atomic E-state index is 13.6. The first-order chi connectivity index (χ1) is 14.4. The molecule has 0 bridgehead atoms. The first-order valence-electron chi connectivity index (χ1n) is 9.97. The van der Waals surface area contributed by atoms with Crippen LogP contribution in [0.1, 0.15) is 38.2 Å². The van der Waals surface area contributed by atoms with Crippen molar-refractivity contribution in [3.63, 3.8) is 0 Å². The summed E-state index contributed by atoms with van der Waals surface area (Å²) < 4.78 is 37.1. The molecule has 0 saturated heterocycles. The van der Waals surface area contributed by atoms with Gasteiger partial charge in [0.2, 0.25) is 0 Å². The summed E-state index contributed by atoms with van der Waals surface area (Å²) in [6, 6.07) is 12.9. The Morgan fingerprint density at radius 1 is 1.00 bits per heavy atom. The van der Waals surface area contributed by atoms with Crippen molar-refractivity contribution in [3.8, 4) is 22.3 Å². The van der Waals surface area contributed by atoms with E-state index in [0.717, 1.165) is 31.2 Å². The Morgan fingerprint density at radius 3 is 2.20 bits per heavy atom. The first kappa shape index (κ1) is 20.5. The molecule has 0 radical (unpaired) electrons. The fraction of sp³-hybridized carbons (Fsp3) is 0.304. The zero-order valence-corrected chi connectivity index (χ0v) is 17.6. The number of rotatable bonds is 5. The van der Waals surface area contributed by atoms with E-state index < -0.39 is 10.7 Å². The number of nitrogens with zero attached hydrogens (tertiary/aromatic N) is 2. The highest BCUT2D eigenvalue weighted by Gasteiger charge is 2.33. The second-order valence-corrected chi connectivity index (χ2v) is 9.03. The van der Waals surface area contributed by atoms with Crippen LogP contribution in [0.4, 0.5) is 4.39 Å². The molecule has 1 aliphatic carbocycles. The van der Waals surface area contributed by atoms with Gasteiger partial charge in [-0.05, 0) is 48.6 Å². The molecule has 156 valence electrons. The molecule has 0 aliphatic heterocycles. The van der Waals surface area contributed by atoms with Gasteiger partial charge in [0, 0.05) is 5.56 Å². The van der Waals surface area contributed by atoms with Crippen LogP contribution in [0.2, 0.25) is 0 Å². The molecule has 1 saturated carbocycles. The molecule has 0 unspecified atom stereocenters. The van der Waals surface area contributed by atoms with Crippen molar-refractivity contribution < 1.29 is 12.8 Å². The molecule has 1 heterocycles. The van der Waals surface area contributed by atoms with Crippen molar-refractivity contribution in [3.05, 3.63) is 76.5 Å². The Kier molecular flexibility index (Phi) is 5.56. The van der Waals surface area contributed by atoms with Gasteiger partial charge < -0.3 is 0 Å². The summed E-state index contributed by atoms with van der Waals surface area (Å²) in [4.78, 5) is 13.6. The van der Waals surface area contributed by atoms with Crippen molar-refractivity contribution in [2.24, 2.45) is 0 Å². The number of halogens is 1. The molecule has 0 atom stereocenters. The number of benzene rings is 2. The molecule has 0 spiro atoms. The first-order valence-corrected chi connectivity index (χ1v) is 11.3. The zero-order valence-electron chi connectivity index (χ0n) is 16.7. The van der Waals surface area contributed by atoms with Crippen molar-refractivity contribution >= 4 is 10.7 Å². The monoisotopic (exact) mass is 426 g/mol. The Balaban J connectivity index is 1.89. The third-order valence-corrected chi connectivity index (χ3v) is 6.50. The average molecular weight is 427 g/mol. The van der Waals surface area contributed by atoms with Gasteiger partial charge in [-0.15, -0.1) is 0 Å². The molecule has 2 aromatic carbocycles. The van der Waals surface area contributed by atoms with Gasteiger partial charge in [0.1, 0.15) is 16.5 Å². The van der Waals surface area contributed by atoms with E-state index in [1.807, 2.05) is 0 Å². The van der Waals surface area contributed by atoms with Crippen LogP contribution in [0.3, 0.4) is 0 Å². The molecule has 3 aromatic rings. The highest BCUT2D eigenvalue weighted by Crippen LogP contribution is 2.36. The minimum atomic E-state index is -2.51. The lowest BCUT2D eigenvalue weighted by Crippen LogP contribution is -2.39. The van der Waals surface area contributed by atoms with Crippen LogP contribution in [0.25, 0.3) is 22.3 Å². The van der Waals surface area contributed by atoms with Crippen molar-refractivity contribution in [2.75, 3.05) is 0 Å². The molecule has 1 fully saturated rings. The van der Waals surface area contributed by atoms with Crippen molar-refractivity contribution in [1.29, 1.82) is 0 Å². The second-order valence-electron chi connectivity index (χ2n) is 8.05. The van der Waals surface area contributed by atoms with Crippen LogP contribution < -0.4 is 5.56 Å². The molecule has 0 amide bonds. The maximum atomic E-state index is 13.6. The normalized spacial score (nSPS) is 15.6. The van der Waals surface area contributed by atoms with Crippen LogP contribution >= 0.6 is 0 Å². The molecule has 7 heteroatoms. The fourth-order valence-corrected chi connectivity index (χ4v) is 4.75. The molecular weight excluding hydrogens is 403 g/mol. The predicted octanol–water partition coefficient (Wildman–Crippen LogP) is 4.12. The molecule has 5 nitrogen and oxygen atoms in total. The standard InChI is InChI=1S/C23H23FN2O3S/c1-23(12-2-3-13-23)26-22(27)21(18-8-10-19(24)11-9-18)20(14-25-26)17-6-4-16(5-7-17)15-30(28)29/h4-11,14,30H,2-3,12-13,15H2,1H3.